The monoisotopic (exact) mass is 418 g/mol. The molecule has 0 atom stereocenters. The number of fused-ring (bicyclic) bond motifs is 3. The maximum absolute atomic E-state index is 13.2. The minimum Gasteiger partial charge on any atom is -0.376 e. The molecule has 0 aromatic carbocycles. The first kappa shape index (κ1) is 18.6. The van der Waals surface area contributed by atoms with Crippen LogP contribution in [-0.2, 0) is 24.3 Å². The number of carbonyl (C=O) groups excluding carboxylic acids is 1. The summed E-state index contributed by atoms with van der Waals surface area (Å²) in [5.41, 5.74) is 1.89. The van der Waals surface area contributed by atoms with Crippen LogP contribution < -0.4 is 5.56 Å². The van der Waals surface area contributed by atoms with E-state index < -0.39 is 0 Å². The van der Waals surface area contributed by atoms with Gasteiger partial charge in [-0.2, -0.15) is 0 Å². The summed E-state index contributed by atoms with van der Waals surface area (Å²) in [6.45, 7) is 7.40. The largest absolute Gasteiger partial charge is 0.376 e. The molecule has 0 saturated carbocycles. The number of thiophene rings is 2. The Hall–Kier alpha value is -1.74. The maximum Gasteiger partial charge on any atom is 0.263 e. The fourth-order valence-corrected chi connectivity index (χ4v) is 5.88. The highest BCUT2D eigenvalue weighted by atomic mass is 32.2. The van der Waals surface area contributed by atoms with Gasteiger partial charge < -0.3 is 4.74 Å². The standard InChI is InChI=1S/C19H18N2O3S3/c1-11(2)8-21-18(23)16-12-5-6-24-9-15(12)27-17(16)20-19(21)26-10-13(22)14-4-3-7-25-14/h3-4,7H,1,5-6,8-10H2,2H3. The Labute approximate surface area is 168 Å². The van der Waals surface area contributed by atoms with Crippen LogP contribution in [0.5, 0.6) is 0 Å². The lowest BCUT2D eigenvalue weighted by atomic mass is 10.1. The number of carbonyl (C=O) groups is 1. The molecule has 0 unspecified atom stereocenters. The number of ether oxygens (including phenoxy) is 1. The molecule has 1 aliphatic heterocycles. The molecule has 27 heavy (non-hydrogen) atoms. The third kappa shape index (κ3) is 3.67. The van der Waals surface area contributed by atoms with Crippen molar-refractivity contribution in [2.45, 2.75) is 31.7 Å². The van der Waals surface area contributed by atoms with Crippen molar-refractivity contribution in [1.29, 1.82) is 0 Å². The number of hydrogen-bond donors (Lipinski definition) is 0. The van der Waals surface area contributed by atoms with Crippen molar-refractivity contribution in [3.05, 3.63) is 55.3 Å². The summed E-state index contributed by atoms with van der Waals surface area (Å²) in [5.74, 6) is 0.299. The van der Waals surface area contributed by atoms with Gasteiger partial charge in [-0.25, -0.2) is 4.98 Å². The molecule has 0 aliphatic carbocycles. The highest BCUT2D eigenvalue weighted by Crippen LogP contribution is 2.33. The molecule has 8 heteroatoms. The number of Topliss-reactive ketones (excluding diaryl/α,β-unsaturated/α-hetero) is 1. The lowest BCUT2D eigenvalue weighted by Gasteiger charge is -2.13. The van der Waals surface area contributed by atoms with Crippen molar-refractivity contribution < 1.29 is 9.53 Å². The molecule has 0 saturated heterocycles. The summed E-state index contributed by atoms with van der Waals surface area (Å²) < 4.78 is 7.17. The Kier molecular flexibility index (Phi) is 5.32. The van der Waals surface area contributed by atoms with Crippen LogP contribution in [0.1, 0.15) is 27.0 Å². The van der Waals surface area contributed by atoms with E-state index in [4.69, 9.17) is 9.72 Å². The second kappa shape index (κ2) is 7.71. The van der Waals surface area contributed by atoms with Crippen molar-refractivity contribution in [1.82, 2.24) is 9.55 Å². The van der Waals surface area contributed by atoms with Crippen molar-refractivity contribution >= 4 is 50.4 Å². The number of hydrogen-bond acceptors (Lipinski definition) is 7. The van der Waals surface area contributed by atoms with Crippen LogP contribution in [0.3, 0.4) is 0 Å². The molecule has 0 radical (unpaired) electrons. The Morgan fingerprint density at radius 2 is 2.33 bits per heavy atom. The first-order chi connectivity index (χ1) is 13.0. The van der Waals surface area contributed by atoms with Crippen LogP contribution >= 0.6 is 34.4 Å². The summed E-state index contributed by atoms with van der Waals surface area (Å²) >= 11 is 4.26. The van der Waals surface area contributed by atoms with Gasteiger partial charge in [0.05, 0.1) is 29.2 Å². The molecular weight excluding hydrogens is 400 g/mol. The summed E-state index contributed by atoms with van der Waals surface area (Å²) in [4.78, 5) is 32.9. The van der Waals surface area contributed by atoms with Gasteiger partial charge in [0.1, 0.15) is 4.83 Å². The minimum absolute atomic E-state index is 0.0464. The zero-order chi connectivity index (χ0) is 19.0. The average molecular weight is 419 g/mol. The lowest BCUT2D eigenvalue weighted by molar-refractivity contribution is 0.102. The molecule has 0 spiro atoms. The number of thioether (sulfide) groups is 1. The number of rotatable bonds is 6. The van der Waals surface area contributed by atoms with E-state index in [9.17, 15) is 9.59 Å². The first-order valence-corrected chi connectivity index (χ1v) is 11.2. The Bertz CT molecular complexity index is 1080. The van der Waals surface area contributed by atoms with E-state index in [1.54, 1.807) is 4.57 Å². The van der Waals surface area contributed by atoms with Gasteiger partial charge in [-0.1, -0.05) is 30.0 Å². The van der Waals surface area contributed by atoms with E-state index in [-0.39, 0.29) is 17.1 Å². The van der Waals surface area contributed by atoms with Gasteiger partial charge in [-0.15, -0.1) is 22.7 Å². The smallest absolute Gasteiger partial charge is 0.263 e. The molecule has 0 amide bonds. The summed E-state index contributed by atoms with van der Waals surface area (Å²) in [6, 6.07) is 3.68. The number of ketones is 1. The van der Waals surface area contributed by atoms with E-state index in [1.807, 2.05) is 24.4 Å². The fourth-order valence-electron chi connectivity index (χ4n) is 3.04. The number of allylic oxidation sites excluding steroid dienone is 1. The zero-order valence-electron chi connectivity index (χ0n) is 14.8. The number of nitrogens with zero attached hydrogens (tertiary/aromatic N) is 2. The van der Waals surface area contributed by atoms with Crippen LogP contribution in [0.15, 0.2) is 39.6 Å². The van der Waals surface area contributed by atoms with Gasteiger partial charge in [-0.3, -0.25) is 14.2 Å². The van der Waals surface area contributed by atoms with Crippen molar-refractivity contribution in [3.8, 4) is 0 Å². The lowest BCUT2D eigenvalue weighted by Crippen LogP contribution is -2.25. The Morgan fingerprint density at radius 3 is 3.07 bits per heavy atom. The third-order valence-electron chi connectivity index (χ3n) is 4.25. The van der Waals surface area contributed by atoms with Crippen molar-refractivity contribution in [2.24, 2.45) is 0 Å². The Morgan fingerprint density at radius 1 is 1.48 bits per heavy atom. The van der Waals surface area contributed by atoms with Crippen molar-refractivity contribution in [2.75, 3.05) is 12.4 Å². The second-order valence-electron chi connectivity index (χ2n) is 6.42. The van der Waals surface area contributed by atoms with Gasteiger partial charge in [0.2, 0.25) is 0 Å². The summed E-state index contributed by atoms with van der Waals surface area (Å²) in [5, 5.41) is 3.16. The molecule has 0 N–H and O–H groups in total. The molecular formula is C19H18N2O3S3. The van der Waals surface area contributed by atoms with Crippen molar-refractivity contribution in [3.63, 3.8) is 0 Å². The van der Waals surface area contributed by atoms with Gasteiger partial charge in [0, 0.05) is 11.4 Å². The fraction of sp³-hybridized carbons (Fsp3) is 0.316. The SMILES string of the molecule is C=C(C)Cn1c(SCC(=O)c2cccs2)nc2sc3c(c2c1=O)CCOC3. The molecule has 0 bridgehead atoms. The molecule has 5 nitrogen and oxygen atoms in total. The van der Waals surface area contributed by atoms with E-state index in [1.165, 1.54) is 34.4 Å². The quantitative estimate of drug-likeness (QED) is 0.261. The van der Waals surface area contributed by atoms with E-state index in [0.29, 0.717) is 30.3 Å². The van der Waals surface area contributed by atoms with E-state index in [0.717, 1.165) is 32.1 Å². The van der Waals surface area contributed by atoms with Gasteiger partial charge in [0.15, 0.2) is 10.9 Å². The molecule has 3 aromatic heterocycles. The van der Waals surface area contributed by atoms with Crippen LogP contribution in [-0.4, -0.2) is 27.7 Å². The van der Waals surface area contributed by atoms with E-state index in [2.05, 4.69) is 6.58 Å². The third-order valence-corrected chi connectivity index (χ3v) is 7.23. The van der Waals surface area contributed by atoms with Crippen LogP contribution in [0.2, 0.25) is 0 Å². The molecule has 4 heterocycles. The number of aromatic nitrogens is 2. The highest BCUT2D eigenvalue weighted by Gasteiger charge is 2.23. The van der Waals surface area contributed by atoms with Crippen LogP contribution in [0, 0.1) is 0 Å². The minimum atomic E-state index is -0.0477. The predicted molar refractivity (Wildman–Crippen MR) is 111 cm³/mol. The molecule has 3 aromatic rings. The normalized spacial score (nSPS) is 13.7. The van der Waals surface area contributed by atoms with Gasteiger partial charge in [-0.05, 0) is 30.4 Å². The second-order valence-corrected chi connectivity index (χ2v) is 9.39. The molecule has 1 aliphatic rings. The Balaban J connectivity index is 1.75. The average Bonchev–Trinajstić information content (AvgIpc) is 3.29. The van der Waals surface area contributed by atoms with Gasteiger partial charge in [0.25, 0.3) is 5.56 Å². The summed E-state index contributed by atoms with van der Waals surface area (Å²) in [7, 11) is 0. The van der Waals surface area contributed by atoms with E-state index >= 15 is 0 Å². The van der Waals surface area contributed by atoms with Crippen LogP contribution in [0.25, 0.3) is 10.2 Å². The highest BCUT2D eigenvalue weighted by molar-refractivity contribution is 7.99. The van der Waals surface area contributed by atoms with Crippen LogP contribution in [0.4, 0.5) is 0 Å². The topological polar surface area (TPSA) is 61.2 Å². The zero-order valence-corrected chi connectivity index (χ0v) is 17.3. The predicted octanol–water partition coefficient (Wildman–Crippen LogP) is 4.14. The molecule has 140 valence electrons. The van der Waals surface area contributed by atoms with Gasteiger partial charge >= 0.3 is 0 Å². The molecule has 4 rings (SSSR count). The first-order valence-electron chi connectivity index (χ1n) is 8.51. The molecule has 0 fully saturated rings. The summed E-state index contributed by atoms with van der Waals surface area (Å²) in [6.07, 6.45) is 0.739. The maximum atomic E-state index is 13.2.